The molecule has 0 bridgehead atoms. The van der Waals surface area contributed by atoms with Gasteiger partial charge in [0.25, 0.3) is 0 Å². The second kappa shape index (κ2) is 6.24. The van der Waals surface area contributed by atoms with Crippen LogP contribution in [0.25, 0.3) is 10.8 Å². The van der Waals surface area contributed by atoms with Gasteiger partial charge in [-0.05, 0) is 18.6 Å². The third-order valence-corrected chi connectivity index (χ3v) is 3.06. The van der Waals surface area contributed by atoms with Crippen molar-refractivity contribution < 1.29 is 4.74 Å². The summed E-state index contributed by atoms with van der Waals surface area (Å²) in [5.74, 6) is 1.84. The molecule has 0 aliphatic heterocycles. The van der Waals surface area contributed by atoms with E-state index in [-0.39, 0.29) is 0 Å². The molecule has 1 aromatic carbocycles. The number of pyridine rings is 1. The van der Waals surface area contributed by atoms with E-state index in [2.05, 4.69) is 23.3 Å². The number of anilines is 1. The molecule has 3 nitrogen and oxygen atoms in total. The van der Waals surface area contributed by atoms with Crippen molar-refractivity contribution in [2.45, 2.75) is 26.2 Å². The summed E-state index contributed by atoms with van der Waals surface area (Å²) in [6, 6.07) is 8.04. The van der Waals surface area contributed by atoms with E-state index < -0.39 is 0 Å². The fourth-order valence-electron chi connectivity index (χ4n) is 2.08. The molecule has 96 valence electrons. The van der Waals surface area contributed by atoms with Crippen LogP contribution in [0.2, 0.25) is 0 Å². The molecule has 0 fully saturated rings. The van der Waals surface area contributed by atoms with Crippen molar-refractivity contribution in [3.05, 3.63) is 30.5 Å². The zero-order valence-electron chi connectivity index (χ0n) is 11.1. The first-order chi connectivity index (χ1) is 8.86. The van der Waals surface area contributed by atoms with E-state index in [0.29, 0.717) is 0 Å². The van der Waals surface area contributed by atoms with E-state index >= 15 is 0 Å². The normalized spacial score (nSPS) is 10.6. The zero-order valence-corrected chi connectivity index (χ0v) is 11.1. The van der Waals surface area contributed by atoms with Crippen LogP contribution < -0.4 is 10.1 Å². The molecule has 18 heavy (non-hydrogen) atoms. The fraction of sp³-hybridized carbons (Fsp3) is 0.400. The molecule has 0 unspecified atom stereocenters. The number of ether oxygens (including phenoxy) is 1. The van der Waals surface area contributed by atoms with Gasteiger partial charge in [0.1, 0.15) is 11.6 Å². The summed E-state index contributed by atoms with van der Waals surface area (Å²) in [6.45, 7) is 3.18. The Labute approximate surface area is 108 Å². The van der Waals surface area contributed by atoms with Crippen molar-refractivity contribution in [1.29, 1.82) is 0 Å². The summed E-state index contributed by atoms with van der Waals surface area (Å²) in [5, 5.41) is 5.63. The van der Waals surface area contributed by atoms with E-state index in [0.717, 1.165) is 28.9 Å². The van der Waals surface area contributed by atoms with Gasteiger partial charge in [0.2, 0.25) is 0 Å². The summed E-state index contributed by atoms with van der Waals surface area (Å²) >= 11 is 0. The number of unbranched alkanes of at least 4 members (excludes halogenated alkanes) is 2. The second-order valence-corrected chi connectivity index (χ2v) is 4.35. The highest BCUT2D eigenvalue weighted by Gasteiger charge is 2.05. The van der Waals surface area contributed by atoms with Crippen LogP contribution in [0.1, 0.15) is 26.2 Å². The molecule has 0 amide bonds. The lowest BCUT2D eigenvalue weighted by atomic mass is 10.1. The molecule has 1 heterocycles. The minimum atomic E-state index is 0.895. The molecule has 0 saturated heterocycles. The van der Waals surface area contributed by atoms with Crippen molar-refractivity contribution in [2.75, 3.05) is 19.0 Å². The molecular formula is C15H20N2O. The predicted octanol–water partition coefficient (Wildman–Crippen LogP) is 3.85. The quantitative estimate of drug-likeness (QED) is 0.784. The zero-order chi connectivity index (χ0) is 12.8. The molecule has 0 aliphatic rings. The van der Waals surface area contributed by atoms with Gasteiger partial charge < -0.3 is 10.1 Å². The van der Waals surface area contributed by atoms with Crippen LogP contribution in [0.15, 0.2) is 30.5 Å². The highest BCUT2D eigenvalue weighted by atomic mass is 16.5. The van der Waals surface area contributed by atoms with E-state index in [1.54, 1.807) is 7.11 Å². The molecule has 0 saturated carbocycles. The minimum Gasteiger partial charge on any atom is -0.496 e. The second-order valence-electron chi connectivity index (χ2n) is 4.35. The maximum Gasteiger partial charge on any atom is 0.133 e. The maximum atomic E-state index is 5.37. The smallest absolute Gasteiger partial charge is 0.133 e. The van der Waals surface area contributed by atoms with Crippen molar-refractivity contribution in [2.24, 2.45) is 0 Å². The average Bonchev–Trinajstić information content (AvgIpc) is 2.43. The Morgan fingerprint density at radius 1 is 1.17 bits per heavy atom. The van der Waals surface area contributed by atoms with Gasteiger partial charge in [-0.15, -0.1) is 0 Å². The van der Waals surface area contributed by atoms with Crippen LogP contribution in [-0.4, -0.2) is 18.6 Å². The highest BCUT2D eigenvalue weighted by Crippen LogP contribution is 2.28. The summed E-state index contributed by atoms with van der Waals surface area (Å²) in [4.78, 5) is 4.41. The first-order valence-electron chi connectivity index (χ1n) is 6.52. The molecule has 1 N–H and O–H groups in total. The molecule has 2 rings (SSSR count). The van der Waals surface area contributed by atoms with Gasteiger partial charge in [-0.3, -0.25) is 0 Å². The van der Waals surface area contributed by atoms with Gasteiger partial charge >= 0.3 is 0 Å². The van der Waals surface area contributed by atoms with Gasteiger partial charge in [0.05, 0.1) is 7.11 Å². The van der Waals surface area contributed by atoms with E-state index in [4.69, 9.17) is 4.74 Å². The first-order valence-corrected chi connectivity index (χ1v) is 6.52. The summed E-state index contributed by atoms with van der Waals surface area (Å²) < 4.78 is 5.37. The third kappa shape index (κ3) is 2.73. The summed E-state index contributed by atoms with van der Waals surface area (Å²) in [6.07, 6.45) is 5.49. The van der Waals surface area contributed by atoms with Crippen LogP contribution in [0.3, 0.4) is 0 Å². The average molecular weight is 244 g/mol. The number of rotatable bonds is 6. The monoisotopic (exact) mass is 244 g/mol. The van der Waals surface area contributed by atoms with Crippen LogP contribution in [0.4, 0.5) is 5.82 Å². The molecule has 0 radical (unpaired) electrons. The molecule has 2 aromatic rings. The largest absolute Gasteiger partial charge is 0.496 e. The Bertz CT molecular complexity index is 511. The van der Waals surface area contributed by atoms with Crippen LogP contribution in [0, 0.1) is 0 Å². The summed E-state index contributed by atoms with van der Waals surface area (Å²) in [7, 11) is 1.70. The lowest BCUT2D eigenvalue weighted by Gasteiger charge is -2.10. The number of aromatic nitrogens is 1. The number of hydrogen-bond acceptors (Lipinski definition) is 3. The Hall–Kier alpha value is -1.77. The van der Waals surface area contributed by atoms with Gasteiger partial charge in [-0.2, -0.15) is 0 Å². The van der Waals surface area contributed by atoms with Gasteiger partial charge in [0, 0.05) is 23.5 Å². The van der Waals surface area contributed by atoms with Crippen molar-refractivity contribution in [3.8, 4) is 5.75 Å². The molecule has 0 spiro atoms. The Morgan fingerprint density at radius 2 is 2.06 bits per heavy atom. The number of fused-ring (bicyclic) bond motifs is 1. The number of hydrogen-bond donors (Lipinski definition) is 1. The van der Waals surface area contributed by atoms with E-state index in [1.165, 1.54) is 19.3 Å². The van der Waals surface area contributed by atoms with Crippen molar-refractivity contribution in [3.63, 3.8) is 0 Å². The number of benzene rings is 1. The van der Waals surface area contributed by atoms with Crippen LogP contribution in [-0.2, 0) is 0 Å². The lowest BCUT2D eigenvalue weighted by molar-refractivity contribution is 0.420. The van der Waals surface area contributed by atoms with Gasteiger partial charge in [-0.1, -0.05) is 31.9 Å². The molecule has 1 aromatic heterocycles. The maximum absolute atomic E-state index is 5.37. The molecular weight excluding hydrogens is 224 g/mol. The fourth-order valence-corrected chi connectivity index (χ4v) is 2.08. The summed E-state index contributed by atoms with van der Waals surface area (Å²) in [5.41, 5.74) is 0. The number of methoxy groups -OCH3 is 1. The Balaban J connectivity index is 2.23. The van der Waals surface area contributed by atoms with Crippen molar-refractivity contribution in [1.82, 2.24) is 4.98 Å². The van der Waals surface area contributed by atoms with Gasteiger partial charge in [0.15, 0.2) is 0 Å². The van der Waals surface area contributed by atoms with E-state index in [1.807, 2.05) is 24.4 Å². The topological polar surface area (TPSA) is 34.2 Å². The predicted molar refractivity (Wildman–Crippen MR) is 76.3 cm³/mol. The third-order valence-electron chi connectivity index (χ3n) is 3.06. The van der Waals surface area contributed by atoms with Gasteiger partial charge in [-0.25, -0.2) is 4.98 Å². The lowest BCUT2D eigenvalue weighted by Crippen LogP contribution is -2.03. The van der Waals surface area contributed by atoms with E-state index in [9.17, 15) is 0 Å². The Kier molecular flexibility index (Phi) is 4.40. The minimum absolute atomic E-state index is 0.895. The molecule has 0 atom stereocenters. The highest BCUT2D eigenvalue weighted by molar-refractivity contribution is 5.95. The Morgan fingerprint density at radius 3 is 2.83 bits per heavy atom. The van der Waals surface area contributed by atoms with Crippen LogP contribution in [0.5, 0.6) is 5.75 Å². The van der Waals surface area contributed by atoms with Crippen molar-refractivity contribution >= 4 is 16.6 Å². The van der Waals surface area contributed by atoms with Crippen LogP contribution >= 0.6 is 0 Å². The standard InChI is InChI=1S/C15H20N2O/c1-3-4-5-10-16-15-13-7-6-8-14(18-2)12(13)9-11-17-15/h6-9,11H,3-5,10H2,1-2H3,(H,16,17). The molecule has 3 heteroatoms. The first kappa shape index (κ1) is 12.7. The number of nitrogens with one attached hydrogen (secondary N) is 1. The number of nitrogens with zero attached hydrogens (tertiary/aromatic N) is 1. The SMILES string of the molecule is CCCCCNc1nccc2c(OC)cccc12. The molecule has 0 aliphatic carbocycles.